The number of allylic oxidation sites excluding steroid dienone is 2. The van der Waals surface area contributed by atoms with Crippen LogP contribution in [-0.4, -0.2) is 7.11 Å². The van der Waals surface area contributed by atoms with Crippen LogP contribution in [0.2, 0.25) is 0 Å². The Kier molecular flexibility index (Phi) is 3.93. The molecule has 0 saturated carbocycles. The number of benzene rings is 1. The fourth-order valence-electron chi connectivity index (χ4n) is 1.34. The highest BCUT2D eigenvalue weighted by Gasteiger charge is 2.01. The smallest absolute Gasteiger partial charge is 0.0991 e. The Morgan fingerprint density at radius 1 is 1.27 bits per heavy atom. The van der Waals surface area contributed by atoms with Gasteiger partial charge < -0.3 is 4.74 Å². The second kappa shape index (κ2) is 5.21. The molecule has 0 fully saturated rings. The van der Waals surface area contributed by atoms with Crippen LogP contribution in [0.1, 0.15) is 25.0 Å². The second-order valence-electron chi connectivity index (χ2n) is 3.61. The lowest BCUT2D eigenvalue weighted by molar-refractivity contribution is 0.278. The maximum atomic E-state index is 8.66. The largest absolute Gasteiger partial charge is 0.501 e. The molecule has 2 nitrogen and oxygen atoms in total. The van der Waals surface area contributed by atoms with Crippen LogP contribution in [-0.2, 0) is 11.2 Å². The first kappa shape index (κ1) is 11.3. The van der Waals surface area contributed by atoms with E-state index >= 15 is 0 Å². The highest BCUT2D eigenvalue weighted by Crippen LogP contribution is 2.13. The van der Waals surface area contributed by atoms with Gasteiger partial charge >= 0.3 is 0 Å². The van der Waals surface area contributed by atoms with E-state index in [9.17, 15) is 0 Å². The molecule has 1 aromatic rings. The van der Waals surface area contributed by atoms with E-state index in [1.807, 2.05) is 38.1 Å². The molecule has 0 radical (unpaired) electrons. The van der Waals surface area contributed by atoms with Gasteiger partial charge in [0.25, 0.3) is 0 Å². The van der Waals surface area contributed by atoms with Gasteiger partial charge in [0.2, 0.25) is 0 Å². The fourth-order valence-corrected chi connectivity index (χ4v) is 1.34. The van der Waals surface area contributed by atoms with E-state index in [0.717, 1.165) is 17.7 Å². The lowest BCUT2D eigenvalue weighted by Gasteiger charge is -2.08. The monoisotopic (exact) mass is 201 g/mol. The van der Waals surface area contributed by atoms with Crippen molar-refractivity contribution in [2.24, 2.45) is 0 Å². The molecule has 0 bridgehead atoms. The Balaban J connectivity index is 2.82. The first-order chi connectivity index (χ1) is 7.17. The van der Waals surface area contributed by atoms with Gasteiger partial charge in [-0.3, -0.25) is 0 Å². The predicted octanol–water partition coefficient (Wildman–Crippen LogP) is 3.04. The molecular formula is C13H15NO. The van der Waals surface area contributed by atoms with Crippen LogP contribution in [0.5, 0.6) is 0 Å². The molecule has 0 spiro atoms. The molecule has 0 amide bonds. The third-order valence-corrected chi connectivity index (χ3v) is 2.25. The number of nitrogens with zero attached hydrogens (tertiary/aromatic N) is 1. The first-order valence-corrected chi connectivity index (χ1v) is 4.86. The van der Waals surface area contributed by atoms with Gasteiger partial charge in [0.15, 0.2) is 0 Å². The zero-order valence-electron chi connectivity index (χ0n) is 9.37. The van der Waals surface area contributed by atoms with E-state index in [4.69, 9.17) is 10.00 Å². The number of ether oxygens (including phenoxy) is 1. The molecule has 78 valence electrons. The number of hydrogen-bond acceptors (Lipinski definition) is 2. The van der Waals surface area contributed by atoms with Gasteiger partial charge in [0, 0.05) is 6.42 Å². The van der Waals surface area contributed by atoms with Gasteiger partial charge in [0.1, 0.15) is 0 Å². The van der Waals surface area contributed by atoms with Crippen molar-refractivity contribution >= 4 is 0 Å². The van der Waals surface area contributed by atoms with Gasteiger partial charge in [-0.2, -0.15) is 5.26 Å². The van der Waals surface area contributed by atoms with Gasteiger partial charge in [-0.15, -0.1) is 0 Å². The number of rotatable bonds is 3. The summed E-state index contributed by atoms with van der Waals surface area (Å²) in [5.41, 5.74) is 3.03. The summed E-state index contributed by atoms with van der Waals surface area (Å²) in [5, 5.41) is 8.66. The zero-order chi connectivity index (χ0) is 11.3. The SMILES string of the molecule is COC(Cc1ccc(C#N)cc1)=C(C)C. The summed E-state index contributed by atoms with van der Waals surface area (Å²) in [6.07, 6.45) is 0.782. The second-order valence-corrected chi connectivity index (χ2v) is 3.61. The minimum absolute atomic E-state index is 0.690. The minimum atomic E-state index is 0.690. The average molecular weight is 201 g/mol. The van der Waals surface area contributed by atoms with Crippen molar-refractivity contribution in [2.75, 3.05) is 7.11 Å². The van der Waals surface area contributed by atoms with Crippen molar-refractivity contribution in [3.63, 3.8) is 0 Å². The van der Waals surface area contributed by atoms with Crippen LogP contribution in [0.25, 0.3) is 0 Å². The maximum Gasteiger partial charge on any atom is 0.0991 e. The molecule has 0 aliphatic rings. The Labute approximate surface area is 90.8 Å². The quantitative estimate of drug-likeness (QED) is 0.704. The summed E-state index contributed by atoms with van der Waals surface area (Å²) >= 11 is 0. The molecule has 15 heavy (non-hydrogen) atoms. The minimum Gasteiger partial charge on any atom is -0.501 e. The molecule has 0 heterocycles. The molecule has 0 N–H and O–H groups in total. The molecule has 0 aromatic heterocycles. The van der Waals surface area contributed by atoms with Crippen LogP contribution in [0, 0.1) is 11.3 Å². The van der Waals surface area contributed by atoms with Gasteiger partial charge in [-0.25, -0.2) is 0 Å². The summed E-state index contributed by atoms with van der Waals surface area (Å²) in [6, 6.07) is 9.67. The molecule has 0 saturated heterocycles. The molecule has 0 unspecified atom stereocenters. The molecule has 0 atom stereocenters. The normalized spacial score (nSPS) is 9.20. The van der Waals surface area contributed by atoms with Crippen molar-refractivity contribution in [3.8, 4) is 6.07 Å². The van der Waals surface area contributed by atoms with Crippen molar-refractivity contribution in [1.29, 1.82) is 5.26 Å². The molecule has 0 aliphatic heterocycles. The highest BCUT2D eigenvalue weighted by molar-refractivity contribution is 5.33. The van der Waals surface area contributed by atoms with E-state index in [1.165, 1.54) is 5.57 Å². The van der Waals surface area contributed by atoms with E-state index < -0.39 is 0 Å². The zero-order valence-corrected chi connectivity index (χ0v) is 9.37. The van der Waals surface area contributed by atoms with Gasteiger partial charge in [-0.05, 0) is 37.1 Å². The number of hydrogen-bond donors (Lipinski definition) is 0. The summed E-state index contributed by atoms with van der Waals surface area (Å²) in [5.74, 6) is 0.986. The Hall–Kier alpha value is -1.75. The van der Waals surface area contributed by atoms with Crippen LogP contribution in [0.4, 0.5) is 0 Å². The molecule has 0 aliphatic carbocycles. The van der Waals surface area contributed by atoms with Crippen LogP contribution >= 0.6 is 0 Å². The van der Waals surface area contributed by atoms with Crippen molar-refractivity contribution in [3.05, 3.63) is 46.7 Å². The van der Waals surface area contributed by atoms with Crippen LogP contribution in [0.15, 0.2) is 35.6 Å². The lowest BCUT2D eigenvalue weighted by atomic mass is 10.1. The van der Waals surface area contributed by atoms with Gasteiger partial charge in [-0.1, -0.05) is 12.1 Å². The number of nitriles is 1. The Morgan fingerprint density at radius 3 is 2.27 bits per heavy atom. The predicted molar refractivity (Wildman–Crippen MR) is 60.2 cm³/mol. The molecule has 1 aromatic carbocycles. The Morgan fingerprint density at radius 2 is 1.87 bits per heavy atom. The topological polar surface area (TPSA) is 33.0 Å². The van der Waals surface area contributed by atoms with Crippen molar-refractivity contribution in [2.45, 2.75) is 20.3 Å². The molecule has 2 heteroatoms. The van der Waals surface area contributed by atoms with Crippen LogP contribution in [0.3, 0.4) is 0 Å². The van der Waals surface area contributed by atoms with E-state index in [0.29, 0.717) is 5.56 Å². The first-order valence-electron chi connectivity index (χ1n) is 4.86. The van der Waals surface area contributed by atoms with Gasteiger partial charge in [0.05, 0.1) is 24.5 Å². The Bertz CT molecular complexity index is 392. The summed E-state index contributed by atoms with van der Waals surface area (Å²) < 4.78 is 5.29. The van der Waals surface area contributed by atoms with Crippen molar-refractivity contribution < 1.29 is 4.74 Å². The highest BCUT2D eigenvalue weighted by atomic mass is 16.5. The van der Waals surface area contributed by atoms with E-state index in [2.05, 4.69) is 6.07 Å². The summed E-state index contributed by atoms with van der Waals surface area (Å²) in [4.78, 5) is 0. The number of methoxy groups -OCH3 is 1. The summed E-state index contributed by atoms with van der Waals surface area (Å²) in [6.45, 7) is 4.06. The third-order valence-electron chi connectivity index (χ3n) is 2.25. The lowest BCUT2D eigenvalue weighted by Crippen LogP contribution is -1.95. The molecular weight excluding hydrogens is 186 g/mol. The standard InChI is InChI=1S/C13H15NO/c1-10(2)13(15-3)8-11-4-6-12(9-14)7-5-11/h4-7H,8H2,1-3H3. The fraction of sp³-hybridized carbons (Fsp3) is 0.308. The average Bonchev–Trinajstić information content (AvgIpc) is 2.26. The van der Waals surface area contributed by atoms with E-state index in [1.54, 1.807) is 7.11 Å². The van der Waals surface area contributed by atoms with Crippen LogP contribution < -0.4 is 0 Å². The molecule has 1 rings (SSSR count). The van der Waals surface area contributed by atoms with Crippen molar-refractivity contribution in [1.82, 2.24) is 0 Å². The maximum absolute atomic E-state index is 8.66. The van der Waals surface area contributed by atoms with E-state index in [-0.39, 0.29) is 0 Å². The summed E-state index contributed by atoms with van der Waals surface area (Å²) in [7, 11) is 1.69. The third kappa shape index (κ3) is 3.14.